The van der Waals surface area contributed by atoms with Gasteiger partial charge in [-0.1, -0.05) is 19.3 Å². The molecule has 0 saturated heterocycles. The van der Waals surface area contributed by atoms with Crippen molar-refractivity contribution in [3.8, 4) is 0 Å². The zero-order valence-electron chi connectivity index (χ0n) is 9.28. The lowest BCUT2D eigenvalue weighted by atomic mass is 9.89. The zero-order valence-corrected chi connectivity index (χ0v) is 10.1. The van der Waals surface area contributed by atoms with Gasteiger partial charge in [0.25, 0.3) is 0 Å². The van der Waals surface area contributed by atoms with Crippen molar-refractivity contribution in [2.24, 2.45) is 5.92 Å². The Morgan fingerprint density at radius 2 is 2.20 bits per heavy atom. The number of aromatic nitrogens is 1. The molecular weight excluding hydrogens is 206 g/mol. The molecule has 0 aliphatic heterocycles. The highest BCUT2D eigenvalue weighted by Gasteiger charge is 2.16. The van der Waals surface area contributed by atoms with E-state index in [0.717, 1.165) is 12.5 Å². The molecule has 0 aromatic carbocycles. The van der Waals surface area contributed by atoms with Crippen LogP contribution in [0, 0.1) is 5.92 Å². The number of nitrogen functional groups attached to an aromatic ring is 1. The van der Waals surface area contributed by atoms with Crippen molar-refractivity contribution in [1.29, 1.82) is 0 Å². The average molecular weight is 225 g/mol. The first-order chi connectivity index (χ1) is 7.25. The Morgan fingerprint density at radius 1 is 1.47 bits per heavy atom. The van der Waals surface area contributed by atoms with Crippen molar-refractivity contribution in [3.05, 3.63) is 6.07 Å². The minimum Gasteiger partial charge on any atom is -0.383 e. The Hall–Kier alpha value is -0.770. The van der Waals surface area contributed by atoms with Gasteiger partial charge in [-0.2, -0.15) is 4.37 Å². The van der Waals surface area contributed by atoms with Crippen molar-refractivity contribution < 1.29 is 0 Å². The number of nitrogens with two attached hydrogens (primary N) is 1. The van der Waals surface area contributed by atoms with Crippen LogP contribution in [0.15, 0.2) is 6.07 Å². The van der Waals surface area contributed by atoms with Gasteiger partial charge < -0.3 is 10.6 Å². The molecule has 2 rings (SSSR count). The second kappa shape index (κ2) is 4.84. The second-order valence-corrected chi connectivity index (χ2v) is 5.26. The van der Waals surface area contributed by atoms with E-state index in [-0.39, 0.29) is 0 Å². The van der Waals surface area contributed by atoms with Crippen molar-refractivity contribution in [3.63, 3.8) is 0 Å². The van der Waals surface area contributed by atoms with Gasteiger partial charge in [0.2, 0.25) is 0 Å². The maximum absolute atomic E-state index is 5.62. The predicted octanol–water partition coefficient (Wildman–Crippen LogP) is 2.74. The molecular formula is C11H19N3S. The van der Waals surface area contributed by atoms with E-state index >= 15 is 0 Å². The summed E-state index contributed by atoms with van der Waals surface area (Å²) in [4.78, 5) is 2.30. The second-order valence-electron chi connectivity index (χ2n) is 4.47. The molecule has 0 radical (unpaired) electrons. The van der Waals surface area contributed by atoms with Crippen molar-refractivity contribution in [1.82, 2.24) is 4.37 Å². The molecule has 0 unspecified atom stereocenters. The van der Waals surface area contributed by atoms with Crippen LogP contribution in [-0.4, -0.2) is 18.0 Å². The van der Waals surface area contributed by atoms with Crippen LogP contribution < -0.4 is 10.6 Å². The molecule has 1 aromatic rings. The van der Waals surface area contributed by atoms with Gasteiger partial charge >= 0.3 is 0 Å². The van der Waals surface area contributed by atoms with E-state index in [9.17, 15) is 0 Å². The van der Waals surface area contributed by atoms with E-state index in [2.05, 4.69) is 16.3 Å². The van der Waals surface area contributed by atoms with Crippen molar-refractivity contribution in [2.75, 3.05) is 24.2 Å². The smallest absolute Gasteiger partial charge is 0.139 e. The first-order valence-electron chi connectivity index (χ1n) is 5.69. The zero-order chi connectivity index (χ0) is 10.7. The standard InChI is InChI=1S/C11H19N3S/c1-14(11-7-10(12)13-15-11)8-9-5-3-2-4-6-9/h7,9H,2-6,8H2,1H3,(H2,12,13). The highest BCUT2D eigenvalue weighted by Crippen LogP contribution is 2.27. The highest BCUT2D eigenvalue weighted by molar-refractivity contribution is 7.10. The summed E-state index contributed by atoms with van der Waals surface area (Å²) < 4.78 is 4.11. The maximum atomic E-state index is 5.62. The highest BCUT2D eigenvalue weighted by atomic mass is 32.1. The molecule has 1 fully saturated rings. The van der Waals surface area contributed by atoms with Crippen LogP contribution >= 0.6 is 11.5 Å². The monoisotopic (exact) mass is 225 g/mol. The van der Waals surface area contributed by atoms with Crippen molar-refractivity contribution >= 4 is 22.4 Å². The predicted molar refractivity (Wildman–Crippen MR) is 66.4 cm³/mol. The SMILES string of the molecule is CN(CC1CCCCC1)c1cc(N)ns1. The van der Waals surface area contributed by atoms with Gasteiger partial charge in [0, 0.05) is 19.7 Å². The molecule has 1 saturated carbocycles. The number of hydrogen-bond acceptors (Lipinski definition) is 4. The largest absolute Gasteiger partial charge is 0.383 e. The molecule has 4 heteroatoms. The van der Waals surface area contributed by atoms with Gasteiger partial charge in [0.1, 0.15) is 10.8 Å². The Balaban J connectivity index is 1.88. The fourth-order valence-corrected chi connectivity index (χ4v) is 2.94. The molecule has 1 aromatic heterocycles. The van der Waals surface area contributed by atoms with Gasteiger partial charge in [-0.25, -0.2) is 0 Å². The lowest BCUT2D eigenvalue weighted by Gasteiger charge is -2.27. The van der Waals surface area contributed by atoms with Crippen LogP contribution in [0.5, 0.6) is 0 Å². The van der Waals surface area contributed by atoms with E-state index in [1.54, 1.807) is 0 Å². The summed E-state index contributed by atoms with van der Waals surface area (Å²) >= 11 is 1.50. The Morgan fingerprint density at radius 3 is 2.80 bits per heavy atom. The molecule has 0 amide bonds. The van der Waals surface area contributed by atoms with E-state index in [1.165, 1.54) is 48.6 Å². The van der Waals surface area contributed by atoms with Crippen LogP contribution in [0.25, 0.3) is 0 Å². The lowest BCUT2D eigenvalue weighted by Crippen LogP contribution is -2.26. The summed E-state index contributed by atoms with van der Waals surface area (Å²) in [5, 5.41) is 1.19. The molecule has 0 bridgehead atoms. The Labute approximate surface area is 95.4 Å². The third-order valence-electron chi connectivity index (χ3n) is 3.15. The first kappa shape index (κ1) is 10.7. The van der Waals surface area contributed by atoms with Crippen LogP contribution in [0.2, 0.25) is 0 Å². The summed E-state index contributed by atoms with van der Waals surface area (Å²) in [5.74, 6) is 1.51. The normalized spacial score (nSPS) is 17.9. The third kappa shape index (κ3) is 2.84. The molecule has 1 aliphatic carbocycles. The number of nitrogens with zero attached hydrogens (tertiary/aromatic N) is 2. The number of hydrogen-bond donors (Lipinski definition) is 1. The Bertz CT molecular complexity index is 305. The molecule has 0 spiro atoms. The van der Waals surface area contributed by atoms with E-state index in [4.69, 9.17) is 5.73 Å². The van der Waals surface area contributed by atoms with Gasteiger partial charge in [-0.05, 0) is 30.3 Å². The molecule has 3 nitrogen and oxygen atoms in total. The fourth-order valence-electron chi connectivity index (χ4n) is 2.31. The first-order valence-corrected chi connectivity index (χ1v) is 6.46. The summed E-state index contributed by atoms with van der Waals surface area (Å²) in [5.41, 5.74) is 5.62. The van der Waals surface area contributed by atoms with Crippen LogP contribution in [-0.2, 0) is 0 Å². The number of rotatable bonds is 3. The minimum absolute atomic E-state index is 0.644. The molecule has 1 aliphatic rings. The maximum Gasteiger partial charge on any atom is 0.139 e. The topological polar surface area (TPSA) is 42.1 Å². The molecule has 2 N–H and O–H groups in total. The quantitative estimate of drug-likeness (QED) is 0.860. The fraction of sp³-hybridized carbons (Fsp3) is 0.727. The minimum atomic E-state index is 0.644. The van der Waals surface area contributed by atoms with E-state index < -0.39 is 0 Å². The average Bonchev–Trinajstić information content (AvgIpc) is 2.66. The van der Waals surface area contributed by atoms with Crippen LogP contribution in [0.4, 0.5) is 10.8 Å². The van der Waals surface area contributed by atoms with Crippen LogP contribution in [0.3, 0.4) is 0 Å². The lowest BCUT2D eigenvalue weighted by molar-refractivity contribution is 0.362. The van der Waals surface area contributed by atoms with E-state index in [1.807, 2.05) is 6.07 Å². The summed E-state index contributed by atoms with van der Waals surface area (Å²) in [6, 6.07) is 1.97. The summed E-state index contributed by atoms with van der Waals surface area (Å²) in [7, 11) is 2.14. The summed E-state index contributed by atoms with van der Waals surface area (Å²) in [6.07, 6.45) is 7.01. The van der Waals surface area contributed by atoms with Gasteiger partial charge in [-0.3, -0.25) is 0 Å². The van der Waals surface area contributed by atoms with Crippen LogP contribution in [0.1, 0.15) is 32.1 Å². The molecule has 84 valence electrons. The van der Waals surface area contributed by atoms with Gasteiger partial charge in [0.05, 0.1) is 0 Å². The number of anilines is 2. The van der Waals surface area contributed by atoms with E-state index in [0.29, 0.717) is 5.82 Å². The molecule has 15 heavy (non-hydrogen) atoms. The van der Waals surface area contributed by atoms with Gasteiger partial charge in [0.15, 0.2) is 0 Å². The third-order valence-corrected chi connectivity index (χ3v) is 4.07. The molecule has 1 heterocycles. The summed E-state index contributed by atoms with van der Waals surface area (Å²) in [6.45, 7) is 1.15. The van der Waals surface area contributed by atoms with Crippen molar-refractivity contribution in [2.45, 2.75) is 32.1 Å². The van der Waals surface area contributed by atoms with Gasteiger partial charge in [-0.15, -0.1) is 0 Å². The Kier molecular flexibility index (Phi) is 3.46. The molecule has 0 atom stereocenters.